The van der Waals surface area contributed by atoms with Gasteiger partial charge in [0.15, 0.2) is 0 Å². The van der Waals surface area contributed by atoms with Crippen LogP contribution in [0.5, 0.6) is 0 Å². The predicted molar refractivity (Wildman–Crippen MR) is 82.3 cm³/mol. The van der Waals surface area contributed by atoms with Gasteiger partial charge >= 0.3 is 0 Å². The third kappa shape index (κ3) is 3.67. The number of thiophene rings is 1. The van der Waals surface area contributed by atoms with Gasteiger partial charge in [-0.25, -0.2) is 13.1 Å². The maximum Gasteiger partial charge on any atom is 0.241 e. The lowest BCUT2D eigenvalue weighted by molar-refractivity contribution is 0.580. The van der Waals surface area contributed by atoms with Gasteiger partial charge in [-0.1, -0.05) is 12.1 Å². The van der Waals surface area contributed by atoms with Gasteiger partial charge in [0, 0.05) is 13.1 Å². The van der Waals surface area contributed by atoms with Crippen LogP contribution in [-0.4, -0.2) is 15.5 Å². The average Bonchev–Trinajstić information content (AvgIpc) is 2.92. The van der Waals surface area contributed by atoms with Gasteiger partial charge in [-0.3, -0.25) is 0 Å². The Bertz CT molecular complexity index is 664. The molecule has 1 aromatic carbocycles. The van der Waals surface area contributed by atoms with Crippen LogP contribution in [0, 0.1) is 6.92 Å². The van der Waals surface area contributed by atoms with Gasteiger partial charge in [-0.2, -0.15) is 11.3 Å². The summed E-state index contributed by atoms with van der Waals surface area (Å²) in [5, 5.41) is 6.89. The second kappa shape index (κ2) is 6.49. The van der Waals surface area contributed by atoms with Crippen LogP contribution in [0.4, 0.5) is 0 Å². The molecule has 2 aromatic rings. The van der Waals surface area contributed by atoms with Crippen molar-refractivity contribution in [1.82, 2.24) is 10.0 Å². The van der Waals surface area contributed by atoms with Gasteiger partial charge in [0.25, 0.3) is 0 Å². The van der Waals surface area contributed by atoms with E-state index < -0.39 is 10.0 Å². The van der Waals surface area contributed by atoms with Crippen molar-refractivity contribution in [2.45, 2.75) is 24.9 Å². The van der Waals surface area contributed by atoms with Crippen LogP contribution < -0.4 is 10.0 Å². The standard InChI is InChI=1S/C14H18N2O2S2/c1-11-3-4-12(8-15-2)7-14(11)20(17,18)16-9-13-5-6-19-10-13/h3-7,10,15-16H,8-9H2,1-2H3. The highest BCUT2D eigenvalue weighted by Crippen LogP contribution is 2.17. The fraction of sp³-hybridized carbons (Fsp3) is 0.286. The molecule has 6 heteroatoms. The van der Waals surface area contributed by atoms with Crippen molar-refractivity contribution in [3.63, 3.8) is 0 Å². The van der Waals surface area contributed by atoms with E-state index in [1.54, 1.807) is 17.4 Å². The number of sulfonamides is 1. The van der Waals surface area contributed by atoms with Crippen molar-refractivity contribution < 1.29 is 8.42 Å². The van der Waals surface area contributed by atoms with Crippen molar-refractivity contribution >= 4 is 21.4 Å². The van der Waals surface area contributed by atoms with E-state index in [2.05, 4.69) is 10.0 Å². The second-order valence-electron chi connectivity index (χ2n) is 4.59. The van der Waals surface area contributed by atoms with E-state index in [9.17, 15) is 8.42 Å². The Labute approximate surface area is 123 Å². The predicted octanol–water partition coefficient (Wildman–Crippen LogP) is 2.25. The van der Waals surface area contributed by atoms with E-state index >= 15 is 0 Å². The van der Waals surface area contributed by atoms with Gasteiger partial charge in [0.2, 0.25) is 10.0 Å². The first-order chi connectivity index (χ1) is 9.53. The molecule has 0 fully saturated rings. The van der Waals surface area contributed by atoms with Crippen LogP contribution in [0.15, 0.2) is 39.9 Å². The zero-order chi connectivity index (χ0) is 14.6. The van der Waals surface area contributed by atoms with E-state index in [-0.39, 0.29) is 0 Å². The van der Waals surface area contributed by atoms with Crippen molar-refractivity contribution in [1.29, 1.82) is 0 Å². The molecule has 2 N–H and O–H groups in total. The van der Waals surface area contributed by atoms with Gasteiger partial charge in [-0.15, -0.1) is 0 Å². The molecule has 0 atom stereocenters. The molecule has 0 unspecified atom stereocenters. The van der Waals surface area contributed by atoms with Crippen molar-refractivity contribution in [3.05, 3.63) is 51.7 Å². The van der Waals surface area contributed by atoms with Crippen LogP contribution in [0.3, 0.4) is 0 Å². The molecule has 0 bridgehead atoms. The first-order valence-electron chi connectivity index (χ1n) is 6.28. The summed E-state index contributed by atoms with van der Waals surface area (Å²) in [5.74, 6) is 0. The van der Waals surface area contributed by atoms with E-state index in [0.29, 0.717) is 18.0 Å². The fourth-order valence-corrected chi connectivity index (χ4v) is 3.88. The maximum atomic E-state index is 12.4. The lowest BCUT2D eigenvalue weighted by Crippen LogP contribution is -2.24. The van der Waals surface area contributed by atoms with E-state index in [1.807, 2.05) is 42.9 Å². The Morgan fingerprint density at radius 3 is 2.60 bits per heavy atom. The van der Waals surface area contributed by atoms with Gasteiger partial charge in [0.05, 0.1) is 4.90 Å². The number of aryl methyl sites for hydroxylation is 1. The second-order valence-corrected chi connectivity index (χ2v) is 7.10. The van der Waals surface area contributed by atoms with Crippen LogP contribution in [0.2, 0.25) is 0 Å². The minimum Gasteiger partial charge on any atom is -0.316 e. The molecule has 0 saturated heterocycles. The molecule has 0 saturated carbocycles. The molecule has 20 heavy (non-hydrogen) atoms. The van der Waals surface area contributed by atoms with E-state index in [4.69, 9.17) is 0 Å². The summed E-state index contributed by atoms with van der Waals surface area (Å²) in [5.41, 5.74) is 2.68. The lowest BCUT2D eigenvalue weighted by atomic mass is 10.1. The quantitative estimate of drug-likeness (QED) is 0.860. The van der Waals surface area contributed by atoms with E-state index in [0.717, 1.165) is 16.7 Å². The largest absolute Gasteiger partial charge is 0.316 e. The Balaban J connectivity index is 2.21. The zero-order valence-corrected chi connectivity index (χ0v) is 13.1. The molecule has 0 aliphatic carbocycles. The summed E-state index contributed by atoms with van der Waals surface area (Å²) in [6, 6.07) is 7.41. The number of hydrogen-bond acceptors (Lipinski definition) is 4. The van der Waals surface area contributed by atoms with Gasteiger partial charge in [-0.05, 0) is 53.6 Å². The first kappa shape index (κ1) is 15.2. The molecule has 0 radical (unpaired) electrons. The molecule has 0 aliphatic heterocycles. The summed E-state index contributed by atoms with van der Waals surface area (Å²) in [6.45, 7) is 2.77. The van der Waals surface area contributed by atoms with Gasteiger partial charge in [0.1, 0.15) is 0 Å². The summed E-state index contributed by atoms with van der Waals surface area (Å²) in [4.78, 5) is 0.348. The summed E-state index contributed by atoms with van der Waals surface area (Å²) < 4.78 is 27.4. The Morgan fingerprint density at radius 1 is 1.15 bits per heavy atom. The molecule has 0 amide bonds. The molecule has 108 valence electrons. The van der Waals surface area contributed by atoms with Gasteiger partial charge < -0.3 is 5.32 Å². The van der Waals surface area contributed by atoms with Crippen molar-refractivity contribution in [2.24, 2.45) is 0 Å². The first-order valence-corrected chi connectivity index (χ1v) is 8.70. The third-order valence-electron chi connectivity index (χ3n) is 2.97. The third-order valence-corrected chi connectivity index (χ3v) is 5.24. The summed E-state index contributed by atoms with van der Waals surface area (Å²) in [7, 11) is -1.64. The minimum absolute atomic E-state index is 0.321. The smallest absolute Gasteiger partial charge is 0.241 e. The van der Waals surface area contributed by atoms with Crippen molar-refractivity contribution in [2.75, 3.05) is 7.05 Å². The zero-order valence-electron chi connectivity index (χ0n) is 11.5. The molecule has 4 nitrogen and oxygen atoms in total. The Kier molecular flexibility index (Phi) is 4.93. The van der Waals surface area contributed by atoms with Crippen molar-refractivity contribution in [3.8, 4) is 0 Å². The van der Waals surface area contributed by atoms with Crippen LogP contribution in [-0.2, 0) is 23.1 Å². The topological polar surface area (TPSA) is 58.2 Å². The summed E-state index contributed by atoms with van der Waals surface area (Å²) in [6.07, 6.45) is 0. The van der Waals surface area contributed by atoms with E-state index in [1.165, 1.54) is 0 Å². The fourth-order valence-electron chi connectivity index (χ4n) is 1.90. The number of nitrogens with one attached hydrogen (secondary N) is 2. The molecule has 2 rings (SSSR count). The highest BCUT2D eigenvalue weighted by atomic mass is 32.2. The normalized spacial score (nSPS) is 11.7. The highest BCUT2D eigenvalue weighted by Gasteiger charge is 2.17. The number of benzene rings is 1. The molecule has 0 aliphatic rings. The average molecular weight is 310 g/mol. The molecule has 0 spiro atoms. The lowest BCUT2D eigenvalue weighted by Gasteiger charge is -2.11. The number of hydrogen-bond donors (Lipinski definition) is 2. The highest BCUT2D eigenvalue weighted by molar-refractivity contribution is 7.89. The summed E-state index contributed by atoms with van der Waals surface area (Å²) >= 11 is 1.56. The Hall–Kier alpha value is -1.21. The minimum atomic E-state index is -3.48. The monoisotopic (exact) mass is 310 g/mol. The SMILES string of the molecule is CNCc1ccc(C)c(S(=O)(=O)NCc2ccsc2)c1. The Morgan fingerprint density at radius 2 is 1.95 bits per heavy atom. The number of rotatable bonds is 6. The maximum absolute atomic E-state index is 12.4. The molecular formula is C14H18N2O2S2. The van der Waals surface area contributed by atoms with Crippen LogP contribution >= 0.6 is 11.3 Å². The molecule has 1 heterocycles. The van der Waals surface area contributed by atoms with Crippen LogP contribution in [0.25, 0.3) is 0 Å². The van der Waals surface area contributed by atoms with Crippen LogP contribution in [0.1, 0.15) is 16.7 Å². The molecule has 1 aromatic heterocycles. The molecular weight excluding hydrogens is 292 g/mol.